The Morgan fingerprint density at radius 1 is 1.14 bits per heavy atom. The first-order valence-corrected chi connectivity index (χ1v) is 6.79. The van der Waals surface area contributed by atoms with Crippen molar-refractivity contribution in [3.05, 3.63) is 70.9 Å². The molecule has 22 heavy (non-hydrogen) atoms. The fraction of sp³-hybridized carbons (Fsp3) is 0.111. The Labute approximate surface area is 129 Å². The van der Waals surface area contributed by atoms with E-state index in [1.807, 2.05) is 44.2 Å². The highest BCUT2D eigenvalue weighted by molar-refractivity contribution is 6.13. The van der Waals surface area contributed by atoms with Crippen LogP contribution in [0.1, 0.15) is 21.5 Å². The number of nitriles is 1. The Kier molecular flexibility index (Phi) is 4.60. The minimum absolute atomic E-state index is 0.0681. The molecule has 110 valence electrons. The van der Waals surface area contributed by atoms with Gasteiger partial charge in [0.2, 0.25) is 5.78 Å². The number of nitrogens with one attached hydrogen (secondary N) is 1. The lowest BCUT2D eigenvalue weighted by Crippen LogP contribution is -2.05. The molecule has 0 aliphatic rings. The molecule has 0 atom stereocenters. The maximum atomic E-state index is 12.3. The number of nitrogens with zero attached hydrogens (tertiary/aromatic N) is 1. The van der Waals surface area contributed by atoms with Crippen LogP contribution in [0, 0.1) is 25.2 Å². The molecule has 0 unspecified atom stereocenters. The van der Waals surface area contributed by atoms with Gasteiger partial charge in [0.25, 0.3) is 0 Å². The number of phenolic OH excluding ortho intramolecular Hbond substituents is 1. The maximum absolute atomic E-state index is 12.3. The van der Waals surface area contributed by atoms with Gasteiger partial charge in [-0.05, 0) is 38.1 Å². The molecule has 2 rings (SSSR count). The molecule has 0 saturated carbocycles. The molecule has 0 radical (unpaired) electrons. The molecule has 0 heterocycles. The second kappa shape index (κ2) is 6.59. The van der Waals surface area contributed by atoms with Crippen LogP contribution in [-0.4, -0.2) is 10.9 Å². The third-order valence-corrected chi connectivity index (χ3v) is 3.20. The Morgan fingerprint density at radius 3 is 2.41 bits per heavy atom. The van der Waals surface area contributed by atoms with Gasteiger partial charge < -0.3 is 10.4 Å². The van der Waals surface area contributed by atoms with Crippen LogP contribution in [0.2, 0.25) is 0 Å². The SMILES string of the molecule is Cc1ccc(N/C=C(\C#N)C(=O)c2cc(C)ccc2O)cc1. The lowest BCUT2D eigenvalue weighted by atomic mass is 10.0. The van der Waals surface area contributed by atoms with Gasteiger partial charge >= 0.3 is 0 Å². The summed E-state index contributed by atoms with van der Waals surface area (Å²) in [5.41, 5.74) is 2.79. The minimum atomic E-state index is -0.511. The van der Waals surface area contributed by atoms with E-state index < -0.39 is 5.78 Å². The number of anilines is 1. The molecule has 0 saturated heterocycles. The topological polar surface area (TPSA) is 73.1 Å². The summed E-state index contributed by atoms with van der Waals surface area (Å²) < 4.78 is 0. The third-order valence-electron chi connectivity index (χ3n) is 3.20. The Bertz CT molecular complexity index is 769. The van der Waals surface area contributed by atoms with Crippen molar-refractivity contribution in [2.45, 2.75) is 13.8 Å². The highest BCUT2D eigenvalue weighted by Crippen LogP contribution is 2.21. The number of ketones is 1. The molecule has 2 aromatic carbocycles. The predicted octanol–water partition coefficient (Wildman–Crippen LogP) is 3.71. The van der Waals surface area contributed by atoms with Crippen LogP contribution in [0.4, 0.5) is 5.69 Å². The van der Waals surface area contributed by atoms with Crippen molar-refractivity contribution in [3.63, 3.8) is 0 Å². The number of aromatic hydroxyl groups is 1. The van der Waals surface area contributed by atoms with E-state index in [0.717, 1.165) is 16.8 Å². The lowest BCUT2D eigenvalue weighted by molar-refractivity contribution is 0.103. The molecule has 0 fully saturated rings. The van der Waals surface area contributed by atoms with Gasteiger partial charge in [-0.3, -0.25) is 4.79 Å². The summed E-state index contributed by atoms with van der Waals surface area (Å²) in [6.45, 7) is 3.79. The van der Waals surface area contributed by atoms with Crippen LogP contribution in [-0.2, 0) is 0 Å². The number of Topliss-reactive ketones (excluding diaryl/α,β-unsaturated/α-hetero) is 1. The van der Waals surface area contributed by atoms with Crippen molar-refractivity contribution in [1.82, 2.24) is 0 Å². The molecule has 0 aromatic heterocycles. The van der Waals surface area contributed by atoms with Crippen molar-refractivity contribution in [2.24, 2.45) is 0 Å². The molecule has 0 amide bonds. The quantitative estimate of drug-likeness (QED) is 0.512. The Morgan fingerprint density at radius 2 is 1.77 bits per heavy atom. The van der Waals surface area contributed by atoms with Crippen LogP contribution in [0.25, 0.3) is 0 Å². The molecule has 4 heteroatoms. The smallest absolute Gasteiger partial charge is 0.208 e. The molecule has 2 N–H and O–H groups in total. The first-order chi connectivity index (χ1) is 10.5. The van der Waals surface area contributed by atoms with E-state index in [9.17, 15) is 15.2 Å². The minimum Gasteiger partial charge on any atom is -0.507 e. The number of phenols is 1. The van der Waals surface area contributed by atoms with Crippen molar-refractivity contribution >= 4 is 11.5 Å². The molecule has 2 aromatic rings. The molecule has 0 aliphatic heterocycles. The molecule has 4 nitrogen and oxygen atoms in total. The summed E-state index contributed by atoms with van der Waals surface area (Å²) in [7, 11) is 0. The zero-order chi connectivity index (χ0) is 16.1. The van der Waals surface area contributed by atoms with Crippen molar-refractivity contribution in [3.8, 4) is 11.8 Å². The average Bonchev–Trinajstić information content (AvgIpc) is 2.52. The number of carbonyl (C=O) groups excluding carboxylic acids is 1. The summed E-state index contributed by atoms with van der Waals surface area (Å²) in [5, 5.41) is 21.9. The van der Waals surface area contributed by atoms with Crippen molar-refractivity contribution < 1.29 is 9.90 Å². The molecule has 0 aliphatic carbocycles. The number of aryl methyl sites for hydroxylation is 2. The molecule has 0 bridgehead atoms. The Hall–Kier alpha value is -3.06. The number of benzene rings is 2. The highest BCUT2D eigenvalue weighted by atomic mass is 16.3. The van der Waals surface area contributed by atoms with E-state index in [-0.39, 0.29) is 16.9 Å². The first kappa shape index (κ1) is 15.3. The van der Waals surface area contributed by atoms with Gasteiger partial charge in [0, 0.05) is 11.9 Å². The van der Waals surface area contributed by atoms with Crippen molar-refractivity contribution in [2.75, 3.05) is 5.32 Å². The van der Waals surface area contributed by atoms with Crippen LogP contribution in [0.5, 0.6) is 5.75 Å². The van der Waals surface area contributed by atoms with E-state index in [0.29, 0.717) is 0 Å². The second-order valence-electron chi connectivity index (χ2n) is 5.03. The second-order valence-corrected chi connectivity index (χ2v) is 5.03. The number of hydrogen-bond donors (Lipinski definition) is 2. The van der Waals surface area contributed by atoms with Crippen LogP contribution in [0.15, 0.2) is 54.2 Å². The molecule has 0 spiro atoms. The summed E-state index contributed by atoms with van der Waals surface area (Å²) in [5.74, 6) is -0.643. The van der Waals surface area contributed by atoms with Gasteiger partial charge in [0.1, 0.15) is 17.4 Å². The zero-order valence-corrected chi connectivity index (χ0v) is 12.4. The average molecular weight is 292 g/mol. The first-order valence-electron chi connectivity index (χ1n) is 6.79. The van der Waals surface area contributed by atoms with Crippen LogP contribution in [0.3, 0.4) is 0 Å². The van der Waals surface area contributed by atoms with E-state index in [4.69, 9.17) is 0 Å². The van der Waals surface area contributed by atoms with Crippen LogP contribution < -0.4 is 5.32 Å². The van der Waals surface area contributed by atoms with Gasteiger partial charge in [0.15, 0.2) is 0 Å². The van der Waals surface area contributed by atoms with Gasteiger partial charge in [-0.25, -0.2) is 0 Å². The molecular formula is C18H16N2O2. The van der Waals surface area contributed by atoms with Gasteiger partial charge in [0.05, 0.1) is 5.56 Å². The molecular weight excluding hydrogens is 276 g/mol. The fourth-order valence-corrected chi connectivity index (χ4v) is 1.93. The lowest BCUT2D eigenvalue weighted by Gasteiger charge is -2.05. The number of allylic oxidation sites excluding steroid dienone is 1. The van der Waals surface area contributed by atoms with Gasteiger partial charge in [-0.2, -0.15) is 5.26 Å². The van der Waals surface area contributed by atoms with Gasteiger partial charge in [-0.15, -0.1) is 0 Å². The number of hydrogen-bond acceptors (Lipinski definition) is 4. The van der Waals surface area contributed by atoms with Gasteiger partial charge in [-0.1, -0.05) is 29.3 Å². The highest BCUT2D eigenvalue weighted by Gasteiger charge is 2.16. The zero-order valence-electron chi connectivity index (χ0n) is 12.4. The van der Waals surface area contributed by atoms with E-state index >= 15 is 0 Å². The third kappa shape index (κ3) is 3.53. The van der Waals surface area contributed by atoms with Crippen molar-refractivity contribution in [1.29, 1.82) is 5.26 Å². The van der Waals surface area contributed by atoms with E-state index in [2.05, 4.69) is 5.32 Å². The number of carbonyl (C=O) groups is 1. The largest absolute Gasteiger partial charge is 0.507 e. The van der Waals surface area contributed by atoms with Crippen LogP contribution >= 0.6 is 0 Å². The summed E-state index contributed by atoms with van der Waals surface area (Å²) in [4.78, 5) is 12.3. The summed E-state index contributed by atoms with van der Waals surface area (Å²) in [6.07, 6.45) is 1.36. The van der Waals surface area contributed by atoms with E-state index in [1.165, 1.54) is 12.3 Å². The maximum Gasteiger partial charge on any atom is 0.208 e. The fourth-order valence-electron chi connectivity index (χ4n) is 1.93. The number of rotatable bonds is 4. The predicted molar refractivity (Wildman–Crippen MR) is 85.7 cm³/mol. The normalized spacial score (nSPS) is 10.9. The standard InChI is InChI=1S/C18H16N2O2/c1-12-3-6-15(7-4-12)20-11-14(10-19)18(22)16-9-13(2)5-8-17(16)21/h3-9,11,20-21H,1-2H3/b14-11+. The summed E-state index contributed by atoms with van der Waals surface area (Å²) >= 11 is 0. The van der Waals surface area contributed by atoms with E-state index in [1.54, 1.807) is 12.1 Å². The summed E-state index contributed by atoms with van der Waals surface area (Å²) in [6, 6.07) is 14.1. The Balaban J connectivity index is 2.25. The monoisotopic (exact) mass is 292 g/mol.